The van der Waals surface area contributed by atoms with Gasteiger partial charge in [-0.2, -0.15) is 0 Å². The Labute approximate surface area is 135 Å². The van der Waals surface area contributed by atoms with Gasteiger partial charge in [-0.3, -0.25) is 0 Å². The van der Waals surface area contributed by atoms with Crippen LogP contribution in [0.25, 0.3) is 0 Å². The molecule has 0 radical (unpaired) electrons. The molecule has 6 heteroatoms. The van der Waals surface area contributed by atoms with Crippen molar-refractivity contribution in [2.24, 2.45) is 5.92 Å². The minimum absolute atomic E-state index is 0.122. The average Bonchev–Trinajstić information content (AvgIpc) is 3.24. The van der Waals surface area contributed by atoms with E-state index in [2.05, 4.69) is 10.6 Å². The minimum atomic E-state index is -0.354. The Kier molecular flexibility index (Phi) is 5.64. The predicted molar refractivity (Wildman–Crippen MR) is 84.6 cm³/mol. The summed E-state index contributed by atoms with van der Waals surface area (Å²) >= 11 is 6.11. The maximum Gasteiger partial charge on any atom is 0.314 e. The van der Waals surface area contributed by atoms with E-state index in [4.69, 9.17) is 16.7 Å². The Morgan fingerprint density at radius 1 is 1.45 bits per heavy atom. The number of benzene rings is 1. The van der Waals surface area contributed by atoms with Gasteiger partial charge in [-0.15, -0.1) is 0 Å². The van der Waals surface area contributed by atoms with Crippen molar-refractivity contribution in [1.29, 1.82) is 0 Å². The number of urea groups is 1. The number of hydrogen-bond donors (Lipinski definition) is 3. The average molecular weight is 329 g/mol. The highest BCUT2D eigenvalue weighted by atomic mass is 35.5. The van der Waals surface area contributed by atoms with E-state index in [1.807, 2.05) is 6.92 Å². The Morgan fingerprint density at radius 3 is 2.77 bits per heavy atom. The smallest absolute Gasteiger partial charge is 0.314 e. The number of carbonyl (C=O) groups excluding carboxylic acids is 1. The third-order valence-corrected chi connectivity index (χ3v) is 4.49. The Hall–Kier alpha value is -1.33. The van der Waals surface area contributed by atoms with Gasteiger partial charge in [-0.05, 0) is 42.9 Å². The highest BCUT2D eigenvalue weighted by molar-refractivity contribution is 6.31. The van der Waals surface area contributed by atoms with Crippen LogP contribution < -0.4 is 10.6 Å². The van der Waals surface area contributed by atoms with E-state index in [-0.39, 0.29) is 29.8 Å². The van der Waals surface area contributed by atoms with Crippen LogP contribution in [0.4, 0.5) is 9.18 Å². The summed E-state index contributed by atoms with van der Waals surface area (Å²) in [4.78, 5) is 11.8. The van der Waals surface area contributed by atoms with Gasteiger partial charge in [0, 0.05) is 30.1 Å². The highest BCUT2D eigenvalue weighted by Crippen LogP contribution is 2.50. The molecule has 2 amide bonds. The Bertz CT molecular complexity index is 535. The summed E-state index contributed by atoms with van der Waals surface area (Å²) in [7, 11) is 0. The van der Waals surface area contributed by atoms with Gasteiger partial charge in [0.25, 0.3) is 0 Å². The number of rotatable bonds is 7. The summed E-state index contributed by atoms with van der Waals surface area (Å²) in [5.74, 6) is -0.120. The molecule has 22 heavy (non-hydrogen) atoms. The first-order valence-corrected chi connectivity index (χ1v) is 7.93. The zero-order valence-electron chi connectivity index (χ0n) is 12.7. The topological polar surface area (TPSA) is 61.4 Å². The lowest BCUT2D eigenvalue weighted by Crippen LogP contribution is -2.41. The molecule has 0 heterocycles. The van der Waals surface area contributed by atoms with Crippen LogP contribution in [0.1, 0.15) is 31.7 Å². The highest BCUT2D eigenvalue weighted by Gasteiger charge is 2.45. The van der Waals surface area contributed by atoms with Gasteiger partial charge < -0.3 is 15.7 Å². The molecular weight excluding hydrogens is 307 g/mol. The first-order valence-electron chi connectivity index (χ1n) is 7.55. The number of aliphatic hydroxyl groups excluding tert-OH is 1. The summed E-state index contributed by atoms with van der Waals surface area (Å²) in [6.07, 6.45) is 2.52. The first kappa shape index (κ1) is 17.0. The predicted octanol–water partition coefficient (Wildman–Crippen LogP) is 2.83. The summed E-state index contributed by atoms with van der Waals surface area (Å²) in [5, 5.41) is 14.9. The third kappa shape index (κ3) is 4.34. The molecule has 1 aromatic carbocycles. The molecule has 0 aromatic heterocycles. The summed E-state index contributed by atoms with van der Waals surface area (Å²) in [5.41, 5.74) is 0.725. The molecule has 1 unspecified atom stereocenters. The molecule has 0 aliphatic heterocycles. The number of hydrogen-bond acceptors (Lipinski definition) is 2. The molecule has 0 saturated heterocycles. The fourth-order valence-corrected chi connectivity index (χ4v) is 2.88. The van der Waals surface area contributed by atoms with Crippen LogP contribution in [-0.4, -0.2) is 30.8 Å². The second-order valence-electron chi connectivity index (χ2n) is 6.09. The van der Waals surface area contributed by atoms with Crippen LogP contribution >= 0.6 is 11.6 Å². The molecule has 3 N–H and O–H groups in total. The molecule has 1 atom stereocenters. The molecule has 1 aromatic rings. The number of aliphatic hydroxyl groups is 1. The lowest BCUT2D eigenvalue weighted by Gasteiger charge is -2.19. The van der Waals surface area contributed by atoms with Crippen molar-refractivity contribution in [1.82, 2.24) is 10.6 Å². The largest absolute Gasteiger partial charge is 0.396 e. The van der Waals surface area contributed by atoms with E-state index in [1.54, 1.807) is 6.07 Å². The van der Waals surface area contributed by atoms with Crippen molar-refractivity contribution >= 4 is 17.6 Å². The maximum atomic E-state index is 13.1. The monoisotopic (exact) mass is 328 g/mol. The fraction of sp³-hybridized carbons (Fsp3) is 0.562. The van der Waals surface area contributed by atoms with Crippen molar-refractivity contribution in [2.75, 3.05) is 19.7 Å². The van der Waals surface area contributed by atoms with E-state index in [1.165, 1.54) is 12.1 Å². The molecule has 1 aliphatic carbocycles. The summed E-state index contributed by atoms with van der Waals surface area (Å²) in [6.45, 7) is 3.10. The van der Waals surface area contributed by atoms with Gasteiger partial charge in [-0.25, -0.2) is 9.18 Å². The molecular formula is C16H22ClFN2O2. The van der Waals surface area contributed by atoms with Crippen molar-refractivity contribution in [3.8, 4) is 0 Å². The van der Waals surface area contributed by atoms with E-state index in [9.17, 15) is 9.18 Å². The molecule has 2 rings (SSSR count). The fourth-order valence-electron chi connectivity index (χ4n) is 2.51. The first-order chi connectivity index (χ1) is 10.5. The maximum absolute atomic E-state index is 13.1. The summed E-state index contributed by atoms with van der Waals surface area (Å²) < 4.78 is 13.1. The molecule has 122 valence electrons. The van der Waals surface area contributed by atoms with Crippen LogP contribution in [0.5, 0.6) is 0 Å². The van der Waals surface area contributed by atoms with Crippen LogP contribution in [0.15, 0.2) is 18.2 Å². The van der Waals surface area contributed by atoms with Crippen LogP contribution in [-0.2, 0) is 5.41 Å². The van der Waals surface area contributed by atoms with E-state index in [0.717, 1.165) is 18.4 Å². The van der Waals surface area contributed by atoms with E-state index in [0.29, 0.717) is 24.5 Å². The summed E-state index contributed by atoms with van der Waals surface area (Å²) in [6, 6.07) is 4.19. The normalized spacial score (nSPS) is 16.9. The second-order valence-corrected chi connectivity index (χ2v) is 6.49. The Balaban J connectivity index is 1.84. The van der Waals surface area contributed by atoms with Crippen molar-refractivity contribution in [3.05, 3.63) is 34.6 Å². The van der Waals surface area contributed by atoms with Crippen molar-refractivity contribution < 1.29 is 14.3 Å². The van der Waals surface area contributed by atoms with E-state index >= 15 is 0 Å². The molecule has 0 bridgehead atoms. The lowest BCUT2D eigenvalue weighted by molar-refractivity contribution is 0.233. The zero-order valence-corrected chi connectivity index (χ0v) is 13.4. The standard InChI is InChI=1S/C16H22ClFN2O2/c1-11(4-7-21)9-19-15(22)20-10-16(5-6-16)13-3-2-12(18)8-14(13)17/h2-3,8,11,21H,4-7,9-10H2,1H3,(H2,19,20,22). The van der Waals surface area contributed by atoms with Crippen molar-refractivity contribution in [2.45, 2.75) is 31.6 Å². The molecule has 4 nitrogen and oxygen atoms in total. The number of nitrogens with one attached hydrogen (secondary N) is 2. The van der Waals surface area contributed by atoms with E-state index < -0.39 is 0 Å². The number of amides is 2. The number of halogens is 2. The van der Waals surface area contributed by atoms with Gasteiger partial charge in [0.15, 0.2) is 0 Å². The minimum Gasteiger partial charge on any atom is -0.396 e. The molecule has 1 saturated carbocycles. The van der Waals surface area contributed by atoms with Crippen LogP contribution in [0, 0.1) is 11.7 Å². The van der Waals surface area contributed by atoms with Gasteiger partial charge in [0.2, 0.25) is 0 Å². The molecule has 1 aliphatic rings. The second kappa shape index (κ2) is 7.29. The SMILES string of the molecule is CC(CCO)CNC(=O)NCC1(c2ccc(F)cc2Cl)CC1. The molecule has 0 spiro atoms. The third-order valence-electron chi connectivity index (χ3n) is 4.18. The quantitative estimate of drug-likeness (QED) is 0.720. The van der Waals surface area contributed by atoms with Gasteiger partial charge in [-0.1, -0.05) is 24.6 Å². The van der Waals surface area contributed by atoms with Crippen molar-refractivity contribution in [3.63, 3.8) is 0 Å². The Morgan fingerprint density at radius 2 is 2.18 bits per heavy atom. The zero-order chi connectivity index (χ0) is 16.2. The van der Waals surface area contributed by atoms with Crippen LogP contribution in [0.3, 0.4) is 0 Å². The number of carbonyl (C=O) groups is 1. The van der Waals surface area contributed by atoms with Crippen LogP contribution in [0.2, 0.25) is 5.02 Å². The van der Waals surface area contributed by atoms with Gasteiger partial charge in [0.1, 0.15) is 5.82 Å². The molecule has 1 fully saturated rings. The van der Waals surface area contributed by atoms with Gasteiger partial charge in [0.05, 0.1) is 0 Å². The lowest BCUT2D eigenvalue weighted by atomic mass is 9.96. The van der Waals surface area contributed by atoms with Gasteiger partial charge >= 0.3 is 6.03 Å².